The Kier molecular flexibility index (Phi) is 5.64. The molecule has 9 aromatic rings. The second kappa shape index (κ2) is 10.0. The second-order valence-electron chi connectivity index (χ2n) is 12.4. The molecule has 0 saturated carbocycles. The summed E-state index contributed by atoms with van der Waals surface area (Å²) < 4.78 is 5.17. The minimum absolute atomic E-state index is 0.275. The lowest BCUT2D eigenvalue weighted by Gasteiger charge is -2.22. The van der Waals surface area contributed by atoms with E-state index in [0.29, 0.717) is 0 Å². The summed E-state index contributed by atoms with van der Waals surface area (Å²) in [4.78, 5) is 0. The van der Waals surface area contributed by atoms with Gasteiger partial charge in [-0.1, -0.05) is 121 Å². The van der Waals surface area contributed by atoms with Crippen LogP contribution in [0.3, 0.4) is 0 Å². The van der Waals surface area contributed by atoms with E-state index < -0.39 is 0 Å². The first kappa shape index (κ1) is 25.8. The minimum atomic E-state index is 0.275. The number of hydrogen-bond acceptors (Lipinski definition) is 1. The average Bonchev–Trinajstić information content (AvgIpc) is 3.66. The summed E-state index contributed by atoms with van der Waals surface area (Å²) in [7, 11) is 0. The Balaban J connectivity index is 1.18. The third-order valence-corrected chi connectivity index (χ3v) is 11.1. The van der Waals surface area contributed by atoms with E-state index in [0.717, 1.165) is 6.42 Å². The normalized spacial score (nSPS) is 15.1. The van der Waals surface area contributed by atoms with Gasteiger partial charge in [0.25, 0.3) is 0 Å². The summed E-state index contributed by atoms with van der Waals surface area (Å²) in [6, 6.07) is 51.5. The van der Waals surface area contributed by atoms with Gasteiger partial charge in [0.1, 0.15) is 0 Å². The zero-order valence-corrected chi connectivity index (χ0v) is 26.0. The molecule has 7 aromatic carbocycles. The molecule has 1 aliphatic rings. The highest BCUT2D eigenvalue weighted by atomic mass is 32.1. The van der Waals surface area contributed by atoms with E-state index in [1.165, 1.54) is 85.9 Å². The number of allylic oxidation sites excluding steroid dienone is 4. The Morgan fingerprint density at radius 2 is 1.22 bits per heavy atom. The SMILES string of the molecule is C1=CC(n2c3ccccc3c3cc(-c4cccc5c4sc4ccccc45)ccc32)=CC(c2c3ccccc3cc3ccccc23)C1. The Morgan fingerprint density at radius 1 is 0.543 bits per heavy atom. The zero-order chi connectivity index (χ0) is 30.2. The standard InChI is InChI=1S/C44H29NS/c1-3-15-33-28(11-1)25-29-12-2-4-16-34(29)43(33)31-13-9-14-32(26-31)45-40-21-7-5-17-36(40)39-27-30(23-24-41(39)45)35-19-10-20-38-37-18-6-8-22-42(37)46-44(35)38/h1-12,14-27,31H,13H2. The number of para-hydroxylation sites is 1. The first-order valence-electron chi connectivity index (χ1n) is 16.0. The monoisotopic (exact) mass is 603 g/mol. The van der Waals surface area contributed by atoms with Gasteiger partial charge < -0.3 is 4.57 Å². The van der Waals surface area contributed by atoms with E-state index >= 15 is 0 Å². The van der Waals surface area contributed by atoms with Gasteiger partial charge in [-0.25, -0.2) is 0 Å². The molecule has 2 aromatic heterocycles. The quantitative estimate of drug-likeness (QED) is 0.177. The van der Waals surface area contributed by atoms with Gasteiger partial charge in [-0.2, -0.15) is 0 Å². The maximum Gasteiger partial charge on any atom is 0.0541 e. The molecule has 2 heterocycles. The molecule has 216 valence electrons. The fourth-order valence-corrected chi connectivity index (χ4v) is 9.10. The number of rotatable bonds is 3. The van der Waals surface area contributed by atoms with Crippen LogP contribution in [0.2, 0.25) is 0 Å². The highest BCUT2D eigenvalue weighted by molar-refractivity contribution is 7.26. The minimum Gasteiger partial charge on any atom is -0.310 e. The van der Waals surface area contributed by atoms with Gasteiger partial charge in [-0.15, -0.1) is 11.3 Å². The number of fused-ring (bicyclic) bond motifs is 8. The number of aromatic nitrogens is 1. The molecule has 1 unspecified atom stereocenters. The Bertz CT molecular complexity index is 2680. The van der Waals surface area contributed by atoms with Crippen LogP contribution in [-0.2, 0) is 0 Å². The summed E-state index contributed by atoms with van der Waals surface area (Å²) in [5.41, 5.74) is 7.72. The van der Waals surface area contributed by atoms with Crippen LogP contribution >= 0.6 is 11.3 Å². The summed E-state index contributed by atoms with van der Waals surface area (Å²) in [5.74, 6) is 0.275. The largest absolute Gasteiger partial charge is 0.310 e. The molecule has 10 rings (SSSR count). The summed E-state index contributed by atoms with van der Waals surface area (Å²) >= 11 is 1.90. The van der Waals surface area contributed by atoms with E-state index in [-0.39, 0.29) is 5.92 Å². The molecule has 1 atom stereocenters. The maximum atomic E-state index is 2.51. The molecule has 0 radical (unpaired) electrons. The summed E-state index contributed by atoms with van der Waals surface area (Å²) in [6.45, 7) is 0. The first-order valence-corrected chi connectivity index (χ1v) is 16.9. The van der Waals surface area contributed by atoms with Gasteiger partial charge in [0.15, 0.2) is 0 Å². The van der Waals surface area contributed by atoms with Crippen molar-refractivity contribution in [3.05, 3.63) is 163 Å². The fourth-order valence-electron chi connectivity index (χ4n) is 7.86. The van der Waals surface area contributed by atoms with Crippen LogP contribution < -0.4 is 0 Å². The van der Waals surface area contributed by atoms with Crippen LogP contribution in [0.25, 0.3) is 80.3 Å². The highest BCUT2D eigenvalue weighted by Gasteiger charge is 2.21. The van der Waals surface area contributed by atoms with Crippen molar-refractivity contribution >= 4 is 80.6 Å². The third-order valence-electron chi connectivity index (χ3n) is 9.88. The van der Waals surface area contributed by atoms with E-state index in [9.17, 15) is 0 Å². The predicted molar refractivity (Wildman–Crippen MR) is 200 cm³/mol. The van der Waals surface area contributed by atoms with Gasteiger partial charge in [-0.05, 0) is 81.1 Å². The molecule has 0 amide bonds. The number of thiophene rings is 1. The smallest absolute Gasteiger partial charge is 0.0541 e. The Morgan fingerprint density at radius 3 is 2.04 bits per heavy atom. The lowest BCUT2D eigenvalue weighted by Crippen LogP contribution is -2.05. The van der Waals surface area contributed by atoms with E-state index in [1.807, 2.05) is 11.3 Å². The molecule has 2 heteroatoms. The van der Waals surface area contributed by atoms with Gasteiger partial charge in [0.2, 0.25) is 0 Å². The van der Waals surface area contributed by atoms with Gasteiger partial charge in [0, 0.05) is 42.6 Å². The lowest BCUT2D eigenvalue weighted by molar-refractivity contribution is 0.865. The highest BCUT2D eigenvalue weighted by Crippen LogP contribution is 2.43. The maximum absolute atomic E-state index is 2.51. The van der Waals surface area contributed by atoms with Gasteiger partial charge in [-0.3, -0.25) is 0 Å². The van der Waals surface area contributed by atoms with Crippen LogP contribution in [0.5, 0.6) is 0 Å². The molecule has 1 aliphatic carbocycles. The van der Waals surface area contributed by atoms with Crippen molar-refractivity contribution in [1.29, 1.82) is 0 Å². The molecule has 0 fully saturated rings. The van der Waals surface area contributed by atoms with Crippen LogP contribution in [0.1, 0.15) is 17.9 Å². The summed E-state index contributed by atoms with van der Waals surface area (Å²) in [6.07, 6.45) is 8.18. The van der Waals surface area contributed by atoms with Crippen molar-refractivity contribution in [2.75, 3.05) is 0 Å². The number of benzene rings is 7. The van der Waals surface area contributed by atoms with Crippen molar-refractivity contribution in [3.8, 4) is 11.1 Å². The van der Waals surface area contributed by atoms with Gasteiger partial charge >= 0.3 is 0 Å². The van der Waals surface area contributed by atoms with Crippen molar-refractivity contribution in [1.82, 2.24) is 4.57 Å². The van der Waals surface area contributed by atoms with Crippen LogP contribution in [-0.4, -0.2) is 4.57 Å². The molecular formula is C44H29NS. The molecule has 1 nitrogen and oxygen atoms in total. The Hall–Kier alpha value is -5.44. The van der Waals surface area contributed by atoms with Crippen LogP contribution in [0, 0.1) is 0 Å². The molecule has 0 N–H and O–H groups in total. The zero-order valence-electron chi connectivity index (χ0n) is 25.2. The predicted octanol–water partition coefficient (Wildman–Crippen LogP) is 12.7. The van der Waals surface area contributed by atoms with E-state index in [2.05, 4.69) is 162 Å². The van der Waals surface area contributed by atoms with Crippen molar-refractivity contribution in [3.63, 3.8) is 0 Å². The van der Waals surface area contributed by atoms with Crippen molar-refractivity contribution < 1.29 is 0 Å². The molecule has 0 bridgehead atoms. The molecular weight excluding hydrogens is 575 g/mol. The topological polar surface area (TPSA) is 4.93 Å². The molecule has 0 aliphatic heterocycles. The van der Waals surface area contributed by atoms with E-state index in [1.54, 1.807) is 0 Å². The van der Waals surface area contributed by atoms with Crippen molar-refractivity contribution in [2.24, 2.45) is 0 Å². The summed E-state index contributed by atoms with van der Waals surface area (Å²) in [5, 5.41) is 10.6. The molecule has 0 saturated heterocycles. The van der Waals surface area contributed by atoms with E-state index in [4.69, 9.17) is 0 Å². The lowest BCUT2D eigenvalue weighted by atomic mass is 9.84. The number of nitrogens with zero attached hydrogens (tertiary/aromatic N) is 1. The van der Waals surface area contributed by atoms with Crippen LogP contribution in [0.15, 0.2) is 158 Å². The van der Waals surface area contributed by atoms with Crippen molar-refractivity contribution in [2.45, 2.75) is 12.3 Å². The number of hydrogen-bond donors (Lipinski definition) is 0. The average molecular weight is 604 g/mol. The fraction of sp³-hybridized carbons (Fsp3) is 0.0455. The van der Waals surface area contributed by atoms with Gasteiger partial charge in [0.05, 0.1) is 11.0 Å². The Labute approximate surface area is 270 Å². The molecule has 46 heavy (non-hydrogen) atoms. The third kappa shape index (κ3) is 3.81. The first-order chi connectivity index (χ1) is 22.8. The molecule has 0 spiro atoms. The van der Waals surface area contributed by atoms with Crippen LogP contribution in [0.4, 0.5) is 0 Å². The second-order valence-corrected chi connectivity index (χ2v) is 13.5.